The third-order valence-electron chi connectivity index (χ3n) is 2.82. The Balaban J connectivity index is 2.00. The zero-order valence-corrected chi connectivity index (χ0v) is 5.46. The fourth-order valence-electron chi connectivity index (χ4n) is 2.23. The van der Waals surface area contributed by atoms with Crippen LogP contribution in [-0.4, -0.2) is 17.3 Å². The third kappa shape index (κ3) is 0.700. The SMILES string of the molecule is NC1C[C@@H]2CC(O)[C@@H]2C1. The second-order valence-electron chi connectivity index (χ2n) is 3.46. The molecule has 0 aromatic rings. The Bertz CT molecular complexity index is 126. The van der Waals surface area contributed by atoms with E-state index in [-0.39, 0.29) is 6.10 Å². The monoisotopic (exact) mass is 127 g/mol. The summed E-state index contributed by atoms with van der Waals surface area (Å²) in [4.78, 5) is 0. The van der Waals surface area contributed by atoms with Crippen LogP contribution < -0.4 is 5.73 Å². The predicted molar refractivity (Wildman–Crippen MR) is 34.8 cm³/mol. The van der Waals surface area contributed by atoms with Crippen LogP contribution in [0.4, 0.5) is 0 Å². The van der Waals surface area contributed by atoms with Crippen LogP contribution in [0.5, 0.6) is 0 Å². The van der Waals surface area contributed by atoms with E-state index in [4.69, 9.17) is 5.73 Å². The summed E-state index contributed by atoms with van der Waals surface area (Å²) in [5.74, 6) is 1.34. The number of rotatable bonds is 0. The van der Waals surface area contributed by atoms with Crippen molar-refractivity contribution in [2.45, 2.75) is 31.4 Å². The molecule has 0 heterocycles. The van der Waals surface area contributed by atoms with Crippen molar-refractivity contribution in [3.8, 4) is 0 Å². The molecule has 9 heavy (non-hydrogen) atoms. The van der Waals surface area contributed by atoms with Gasteiger partial charge in [-0.1, -0.05) is 0 Å². The normalized spacial score (nSPS) is 56.7. The highest BCUT2D eigenvalue weighted by Gasteiger charge is 2.45. The molecule has 2 fully saturated rings. The molecule has 0 aromatic heterocycles. The fraction of sp³-hybridized carbons (Fsp3) is 1.00. The highest BCUT2D eigenvalue weighted by molar-refractivity contribution is 4.98. The lowest BCUT2D eigenvalue weighted by atomic mass is 9.74. The first-order valence-corrected chi connectivity index (χ1v) is 3.71. The lowest BCUT2D eigenvalue weighted by Gasteiger charge is -2.36. The first-order valence-electron chi connectivity index (χ1n) is 3.71. The molecule has 0 amide bonds. The Labute approximate surface area is 55.1 Å². The number of hydrogen-bond donors (Lipinski definition) is 2. The molecular weight excluding hydrogens is 114 g/mol. The minimum absolute atomic E-state index is 0.0106. The molecule has 0 aromatic carbocycles. The summed E-state index contributed by atoms with van der Waals surface area (Å²) in [6, 6.07) is 0.386. The van der Waals surface area contributed by atoms with Gasteiger partial charge in [-0.15, -0.1) is 0 Å². The van der Waals surface area contributed by atoms with Crippen molar-refractivity contribution in [2.75, 3.05) is 0 Å². The van der Waals surface area contributed by atoms with Gasteiger partial charge in [-0.2, -0.15) is 0 Å². The van der Waals surface area contributed by atoms with Crippen molar-refractivity contribution in [3.05, 3.63) is 0 Å². The summed E-state index contributed by atoms with van der Waals surface area (Å²) in [7, 11) is 0. The van der Waals surface area contributed by atoms with Gasteiger partial charge in [0.15, 0.2) is 0 Å². The molecule has 2 nitrogen and oxygen atoms in total. The zero-order valence-electron chi connectivity index (χ0n) is 5.46. The van der Waals surface area contributed by atoms with Gasteiger partial charge in [-0.25, -0.2) is 0 Å². The Morgan fingerprint density at radius 3 is 2.44 bits per heavy atom. The number of fused-ring (bicyclic) bond motifs is 1. The Kier molecular flexibility index (Phi) is 1.08. The molecule has 0 saturated heterocycles. The molecule has 2 aliphatic rings. The fourth-order valence-corrected chi connectivity index (χ4v) is 2.23. The molecule has 0 bridgehead atoms. The van der Waals surface area contributed by atoms with Crippen molar-refractivity contribution in [2.24, 2.45) is 17.6 Å². The van der Waals surface area contributed by atoms with Gasteiger partial charge in [0.1, 0.15) is 0 Å². The van der Waals surface area contributed by atoms with Gasteiger partial charge in [0.05, 0.1) is 6.10 Å². The second kappa shape index (κ2) is 1.70. The minimum atomic E-state index is -0.0106. The smallest absolute Gasteiger partial charge is 0.0574 e. The largest absolute Gasteiger partial charge is 0.393 e. The van der Waals surface area contributed by atoms with E-state index in [0.29, 0.717) is 12.0 Å². The standard InChI is InChI=1S/C7H13NO/c8-5-1-4-2-7(9)6(4)3-5/h4-7,9H,1-3,8H2/t4-,5?,6-,7?/m1/s1. The van der Waals surface area contributed by atoms with Crippen LogP contribution in [0.25, 0.3) is 0 Å². The third-order valence-corrected chi connectivity index (χ3v) is 2.82. The highest BCUT2D eigenvalue weighted by Crippen LogP contribution is 2.46. The maximum absolute atomic E-state index is 9.18. The molecule has 4 atom stereocenters. The molecule has 2 rings (SSSR count). The predicted octanol–water partition coefficient (Wildman–Crippen LogP) is 0.104. The van der Waals surface area contributed by atoms with Gasteiger partial charge < -0.3 is 10.8 Å². The highest BCUT2D eigenvalue weighted by atomic mass is 16.3. The molecule has 52 valence electrons. The Hall–Kier alpha value is -0.0800. The summed E-state index contributed by atoms with van der Waals surface area (Å²) in [6.45, 7) is 0. The van der Waals surface area contributed by atoms with Crippen molar-refractivity contribution >= 4 is 0 Å². The average Bonchev–Trinajstić information content (AvgIpc) is 2.08. The molecule has 2 heteroatoms. The van der Waals surface area contributed by atoms with E-state index in [1.807, 2.05) is 0 Å². The van der Waals surface area contributed by atoms with Crippen LogP contribution in [0.1, 0.15) is 19.3 Å². The summed E-state index contributed by atoms with van der Waals surface area (Å²) < 4.78 is 0. The summed E-state index contributed by atoms with van der Waals surface area (Å²) >= 11 is 0. The van der Waals surface area contributed by atoms with Gasteiger partial charge in [-0.05, 0) is 31.1 Å². The molecule has 2 aliphatic carbocycles. The molecule has 0 aliphatic heterocycles. The van der Waals surface area contributed by atoms with Crippen molar-refractivity contribution in [1.29, 1.82) is 0 Å². The number of nitrogens with two attached hydrogens (primary N) is 1. The summed E-state index contributed by atoms with van der Waals surface area (Å²) in [5.41, 5.74) is 5.71. The molecule has 0 spiro atoms. The molecule has 3 N–H and O–H groups in total. The number of aliphatic hydroxyl groups is 1. The van der Waals surface area contributed by atoms with Crippen molar-refractivity contribution < 1.29 is 5.11 Å². The molecule has 2 unspecified atom stereocenters. The van der Waals surface area contributed by atoms with E-state index in [2.05, 4.69) is 0 Å². The van der Waals surface area contributed by atoms with E-state index < -0.39 is 0 Å². The summed E-state index contributed by atoms with van der Waals surface area (Å²) in [6.07, 6.45) is 3.22. The van der Waals surface area contributed by atoms with E-state index in [1.165, 1.54) is 0 Å². The van der Waals surface area contributed by atoms with Gasteiger partial charge in [0, 0.05) is 6.04 Å². The van der Waals surface area contributed by atoms with Crippen LogP contribution in [0.3, 0.4) is 0 Å². The minimum Gasteiger partial charge on any atom is -0.393 e. The zero-order chi connectivity index (χ0) is 6.43. The molecule has 0 radical (unpaired) electrons. The van der Waals surface area contributed by atoms with Gasteiger partial charge in [0.2, 0.25) is 0 Å². The van der Waals surface area contributed by atoms with Gasteiger partial charge in [-0.3, -0.25) is 0 Å². The lowest BCUT2D eigenvalue weighted by molar-refractivity contribution is -0.0145. The van der Waals surface area contributed by atoms with Crippen LogP contribution in [-0.2, 0) is 0 Å². The summed E-state index contributed by atoms with van der Waals surface area (Å²) in [5, 5.41) is 9.18. The van der Waals surface area contributed by atoms with Gasteiger partial charge in [0.25, 0.3) is 0 Å². The topological polar surface area (TPSA) is 46.2 Å². The van der Waals surface area contributed by atoms with Crippen molar-refractivity contribution in [1.82, 2.24) is 0 Å². The van der Waals surface area contributed by atoms with Crippen molar-refractivity contribution in [3.63, 3.8) is 0 Å². The molecular formula is C7H13NO. The number of hydrogen-bond acceptors (Lipinski definition) is 2. The first-order chi connectivity index (χ1) is 4.27. The van der Waals surface area contributed by atoms with Gasteiger partial charge >= 0.3 is 0 Å². The maximum atomic E-state index is 9.18. The van der Waals surface area contributed by atoms with Crippen LogP contribution in [0.15, 0.2) is 0 Å². The maximum Gasteiger partial charge on any atom is 0.0574 e. The van der Waals surface area contributed by atoms with Crippen LogP contribution in [0, 0.1) is 11.8 Å². The number of aliphatic hydroxyl groups excluding tert-OH is 1. The Morgan fingerprint density at radius 2 is 2.00 bits per heavy atom. The van der Waals surface area contributed by atoms with E-state index in [1.54, 1.807) is 0 Å². The quantitative estimate of drug-likeness (QED) is 0.485. The van der Waals surface area contributed by atoms with E-state index >= 15 is 0 Å². The molecule has 2 saturated carbocycles. The van der Waals surface area contributed by atoms with Crippen LogP contribution >= 0.6 is 0 Å². The Morgan fingerprint density at radius 1 is 1.22 bits per heavy atom. The van der Waals surface area contributed by atoms with E-state index in [9.17, 15) is 5.11 Å². The first kappa shape index (κ1) is 5.69. The second-order valence-corrected chi connectivity index (χ2v) is 3.46. The lowest BCUT2D eigenvalue weighted by Crippen LogP contribution is -2.37. The van der Waals surface area contributed by atoms with E-state index in [0.717, 1.165) is 25.2 Å². The average molecular weight is 127 g/mol. The van der Waals surface area contributed by atoms with Crippen LogP contribution in [0.2, 0.25) is 0 Å².